The molecule has 96 valence electrons. The third kappa shape index (κ3) is 3.24. The van der Waals surface area contributed by atoms with Gasteiger partial charge in [-0.25, -0.2) is 0 Å². The van der Waals surface area contributed by atoms with Gasteiger partial charge in [0.15, 0.2) is 0 Å². The molecule has 1 aromatic carbocycles. The van der Waals surface area contributed by atoms with Crippen molar-refractivity contribution in [2.45, 2.75) is 20.4 Å². The Morgan fingerprint density at radius 2 is 2.28 bits per heavy atom. The lowest BCUT2D eigenvalue weighted by Crippen LogP contribution is -2.11. The summed E-state index contributed by atoms with van der Waals surface area (Å²) < 4.78 is 10.7. The molecule has 0 saturated heterocycles. The van der Waals surface area contributed by atoms with Crippen LogP contribution in [0.5, 0.6) is 11.8 Å². The number of halogens is 1. The van der Waals surface area contributed by atoms with Gasteiger partial charge < -0.3 is 14.5 Å². The van der Waals surface area contributed by atoms with Crippen molar-refractivity contribution in [3.63, 3.8) is 0 Å². The van der Waals surface area contributed by atoms with Crippen LogP contribution in [0.15, 0.2) is 28.9 Å². The van der Waals surface area contributed by atoms with Crippen molar-refractivity contribution in [2.24, 2.45) is 0 Å². The molecule has 2 aromatic rings. The molecule has 2 rings (SSSR count). The molecule has 1 N–H and O–H groups in total. The first-order chi connectivity index (χ1) is 8.69. The van der Waals surface area contributed by atoms with E-state index in [0.717, 1.165) is 17.8 Å². The van der Waals surface area contributed by atoms with E-state index in [1.807, 2.05) is 19.9 Å². The summed E-state index contributed by atoms with van der Waals surface area (Å²) in [4.78, 5) is 4.21. The number of hydrogen-bond donors (Lipinski definition) is 1. The number of nitrogens with zero attached hydrogens (tertiary/aromatic N) is 1. The second-order valence-corrected chi connectivity index (χ2v) is 4.31. The molecule has 0 unspecified atom stereocenters. The highest BCUT2D eigenvalue weighted by atomic mass is 35.5. The summed E-state index contributed by atoms with van der Waals surface area (Å²) in [5.74, 6) is 0.661. The Morgan fingerprint density at radius 1 is 1.44 bits per heavy atom. The predicted molar refractivity (Wildman–Crippen MR) is 70.1 cm³/mol. The molecule has 0 bridgehead atoms. The standard InChI is InChI=1S/C13H15ClN2O2/c1-3-15-7-10-8-17-13(16-10)18-11-4-5-12(14)9(2)6-11/h4-6,8,15H,3,7H2,1-2H3. The molecule has 0 aliphatic carbocycles. The normalized spacial score (nSPS) is 10.6. The number of hydrogen-bond acceptors (Lipinski definition) is 4. The topological polar surface area (TPSA) is 47.3 Å². The van der Waals surface area contributed by atoms with Crippen LogP contribution < -0.4 is 10.1 Å². The van der Waals surface area contributed by atoms with Crippen molar-refractivity contribution < 1.29 is 9.15 Å². The fraction of sp³-hybridized carbons (Fsp3) is 0.308. The highest BCUT2D eigenvalue weighted by Crippen LogP contribution is 2.25. The fourth-order valence-corrected chi connectivity index (χ4v) is 1.57. The maximum atomic E-state index is 5.94. The van der Waals surface area contributed by atoms with Crippen LogP contribution in [-0.4, -0.2) is 11.5 Å². The molecule has 0 amide bonds. The molecule has 0 radical (unpaired) electrons. The summed E-state index contributed by atoms with van der Waals surface area (Å²) in [5.41, 5.74) is 1.77. The Bertz CT molecular complexity index is 525. The second kappa shape index (κ2) is 5.89. The van der Waals surface area contributed by atoms with E-state index in [1.165, 1.54) is 0 Å². The third-order valence-corrected chi connectivity index (χ3v) is 2.85. The van der Waals surface area contributed by atoms with Crippen molar-refractivity contribution in [3.05, 3.63) is 40.7 Å². The number of aromatic nitrogens is 1. The summed E-state index contributed by atoms with van der Waals surface area (Å²) in [6.07, 6.45) is 1.82. The zero-order chi connectivity index (χ0) is 13.0. The monoisotopic (exact) mass is 266 g/mol. The van der Waals surface area contributed by atoms with Crippen LogP contribution in [-0.2, 0) is 6.54 Å². The minimum absolute atomic E-state index is 0.240. The van der Waals surface area contributed by atoms with Gasteiger partial charge in [-0.2, -0.15) is 4.98 Å². The molecular formula is C13H15ClN2O2. The minimum atomic E-state index is 0.240. The summed E-state index contributed by atoms with van der Waals surface area (Å²) in [5, 5.41) is 3.87. The van der Waals surface area contributed by atoms with Gasteiger partial charge in [0.25, 0.3) is 0 Å². The van der Waals surface area contributed by atoms with E-state index < -0.39 is 0 Å². The molecule has 0 atom stereocenters. The smallest absolute Gasteiger partial charge is 0.399 e. The summed E-state index contributed by atoms with van der Waals surface area (Å²) in [7, 11) is 0. The molecular weight excluding hydrogens is 252 g/mol. The molecule has 4 nitrogen and oxygen atoms in total. The lowest BCUT2D eigenvalue weighted by atomic mass is 10.2. The Balaban J connectivity index is 2.04. The Labute approximate surface area is 111 Å². The number of nitrogens with one attached hydrogen (secondary N) is 1. The Hall–Kier alpha value is -1.52. The molecule has 5 heteroatoms. The number of oxazole rings is 1. The van der Waals surface area contributed by atoms with Crippen LogP contribution >= 0.6 is 11.6 Å². The first-order valence-corrected chi connectivity index (χ1v) is 6.16. The lowest BCUT2D eigenvalue weighted by Gasteiger charge is -2.02. The van der Waals surface area contributed by atoms with Crippen LogP contribution in [0.25, 0.3) is 0 Å². The summed E-state index contributed by atoms with van der Waals surface area (Å²) >= 11 is 5.94. The van der Waals surface area contributed by atoms with Crippen molar-refractivity contribution in [1.29, 1.82) is 0 Å². The fourth-order valence-electron chi connectivity index (χ4n) is 1.45. The zero-order valence-corrected chi connectivity index (χ0v) is 11.1. The zero-order valence-electron chi connectivity index (χ0n) is 10.4. The third-order valence-electron chi connectivity index (χ3n) is 2.42. The molecule has 0 aliphatic rings. The SMILES string of the molecule is CCNCc1coc(Oc2ccc(Cl)c(C)c2)n1. The van der Waals surface area contributed by atoms with Crippen molar-refractivity contribution in [3.8, 4) is 11.8 Å². The number of benzene rings is 1. The van der Waals surface area contributed by atoms with E-state index >= 15 is 0 Å². The average Bonchev–Trinajstić information content (AvgIpc) is 2.79. The largest absolute Gasteiger partial charge is 0.417 e. The van der Waals surface area contributed by atoms with Gasteiger partial charge in [-0.05, 0) is 37.2 Å². The van der Waals surface area contributed by atoms with E-state index in [9.17, 15) is 0 Å². The van der Waals surface area contributed by atoms with Crippen LogP contribution in [0.2, 0.25) is 5.02 Å². The van der Waals surface area contributed by atoms with Gasteiger partial charge in [-0.3, -0.25) is 0 Å². The molecule has 18 heavy (non-hydrogen) atoms. The average molecular weight is 267 g/mol. The molecule has 0 fully saturated rings. The second-order valence-electron chi connectivity index (χ2n) is 3.90. The number of rotatable bonds is 5. The minimum Gasteiger partial charge on any atom is -0.417 e. The van der Waals surface area contributed by atoms with Gasteiger partial charge >= 0.3 is 6.08 Å². The predicted octanol–water partition coefficient (Wildman–Crippen LogP) is 3.54. The van der Waals surface area contributed by atoms with Gasteiger partial charge in [0.05, 0.1) is 5.69 Å². The van der Waals surface area contributed by atoms with Gasteiger partial charge in [-0.15, -0.1) is 0 Å². The van der Waals surface area contributed by atoms with Gasteiger partial charge in [0, 0.05) is 11.6 Å². The van der Waals surface area contributed by atoms with E-state index in [0.29, 0.717) is 17.3 Å². The van der Waals surface area contributed by atoms with Crippen LogP contribution in [0.3, 0.4) is 0 Å². The quantitative estimate of drug-likeness (QED) is 0.899. The van der Waals surface area contributed by atoms with Crippen molar-refractivity contribution >= 4 is 11.6 Å². The Morgan fingerprint density at radius 3 is 3.00 bits per heavy atom. The first-order valence-electron chi connectivity index (χ1n) is 5.78. The van der Waals surface area contributed by atoms with Crippen LogP contribution in [0.1, 0.15) is 18.2 Å². The number of ether oxygens (including phenoxy) is 1. The maximum Gasteiger partial charge on any atom is 0.399 e. The first kappa shape index (κ1) is 12.9. The maximum absolute atomic E-state index is 5.94. The molecule has 0 saturated carbocycles. The van der Waals surface area contributed by atoms with E-state index in [-0.39, 0.29) is 6.08 Å². The van der Waals surface area contributed by atoms with Crippen LogP contribution in [0, 0.1) is 6.92 Å². The molecule has 1 heterocycles. The Kier molecular flexibility index (Phi) is 4.23. The van der Waals surface area contributed by atoms with Gasteiger partial charge in [0.1, 0.15) is 12.0 Å². The van der Waals surface area contributed by atoms with Crippen molar-refractivity contribution in [1.82, 2.24) is 10.3 Å². The van der Waals surface area contributed by atoms with Crippen molar-refractivity contribution in [2.75, 3.05) is 6.54 Å². The highest BCUT2D eigenvalue weighted by Gasteiger charge is 2.07. The molecule has 0 spiro atoms. The summed E-state index contributed by atoms with van der Waals surface area (Å²) in [6.45, 7) is 5.51. The van der Waals surface area contributed by atoms with Gasteiger partial charge in [0.2, 0.25) is 0 Å². The summed E-state index contributed by atoms with van der Waals surface area (Å²) in [6, 6.07) is 5.41. The number of aryl methyl sites for hydroxylation is 1. The van der Waals surface area contributed by atoms with E-state index in [2.05, 4.69) is 10.3 Å². The van der Waals surface area contributed by atoms with E-state index in [1.54, 1.807) is 18.4 Å². The molecule has 1 aromatic heterocycles. The van der Waals surface area contributed by atoms with E-state index in [4.69, 9.17) is 20.8 Å². The lowest BCUT2D eigenvalue weighted by molar-refractivity contribution is 0.330. The van der Waals surface area contributed by atoms with Gasteiger partial charge in [-0.1, -0.05) is 18.5 Å². The molecule has 0 aliphatic heterocycles. The highest BCUT2D eigenvalue weighted by molar-refractivity contribution is 6.31. The van der Waals surface area contributed by atoms with Crippen LogP contribution in [0.4, 0.5) is 0 Å².